The van der Waals surface area contributed by atoms with Crippen LogP contribution in [0.25, 0.3) is 0 Å². The van der Waals surface area contributed by atoms with Gasteiger partial charge in [0.25, 0.3) is 5.91 Å². The number of piperidine rings is 1. The highest BCUT2D eigenvalue weighted by molar-refractivity contribution is 5.94. The Labute approximate surface area is 122 Å². The number of amides is 1. The van der Waals surface area contributed by atoms with Crippen LogP contribution in [0.5, 0.6) is 0 Å². The predicted octanol–water partition coefficient (Wildman–Crippen LogP) is 3.20. The number of carbonyl (C=O) groups is 1. The number of hydrogen-bond donors (Lipinski definition) is 1. The summed E-state index contributed by atoms with van der Waals surface area (Å²) in [6.45, 7) is 6.32. The van der Waals surface area contributed by atoms with Crippen LogP contribution in [-0.2, 0) is 6.54 Å². The smallest absolute Gasteiger partial charge is 0.251 e. The topological polar surface area (TPSA) is 32.3 Å². The first kappa shape index (κ1) is 15.0. The molecule has 0 bridgehead atoms. The van der Waals surface area contributed by atoms with Gasteiger partial charge in [0.15, 0.2) is 0 Å². The molecular weight excluding hydrogens is 248 g/mol. The third kappa shape index (κ3) is 4.64. The summed E-state index contributed by atoms with van der Waals surface area (Å²) in [5.74, 6) is 0.0444. The quantitative estimate of drug-likeness (QED) is 0.808. The standard InChI is InChI=1S/C17H26N2O/c1-2-3-11-18-17(20)16-9-7-15(8-10-16)14-19-12-5-4-6-13-19/h7-10H,2-6,11-14H2,1H3,(H,18,20). The maximum Gasteiger partial charge on any atom is 0.251 e. The average molecular weight is 274 g/mol. The normalized spacial score (nSPS) is 16.1. The maximum absolute atomic E-state index is 11.9. The molecule has 2 rings (SSSR count). The lowest BCUT2D eigenvalue weighted by molar-refractivity contribution is 0.0953. The second-order valence-corrected chi connectivity index (χ2v) is 5.64. The van der Waals surface area contributed by atoms with E-state index in [9.17, 15) is 4.79 Å². The van der Waals surface area contributed by atoms with Crippen molar-refractivity contribution in [3.63, 3.8) is 0 Å². The number of rotatable bonds is 6. The summed E-state index contributed by atoms with van der Waals surface area (Å²) in [4.78, 5) is 14.4. The van der Waals surface area contributed by atoms with Crippen LogP contribution < -0.4 is 5.32 Å². The van der Waals surface area contributed by atoms with E-state index in [1.807, 2.05) is 12.1 Å². The van der Waals surface area contributed by atoms with Crippen LogP contribution in [0.4, 0.5) is 0 Å². The van der Waals surface area contributed by atoms with E-state index in [4.69, 9.17) is 0 Å². The van der Waals surface area contributed by atoms with Crippen molar-refractivity contribution < 1.29 is 4.79 Å². The van der Waals surface area contributed by atoms with E-state index in [-0.39, 0.29) is 5.91 Å². The zero-order valence-electron chi connectivity index (χ0n) is 12.5. The van der Waals surface area contributed by atoms with E-state index >= 15 is 0 Å². The van der Waals surface area contributed by atoms with Crippen molar-refractivity contribution in [3.05, 3.63) is 35.4 Å². The first-order valence-electron chi connectivity index (χ1n) is 7.89. The lowest BCUT2D eigenvalue weighted by Gasteiger charge is -2.26. The molecule has 0 unspecified atom stereocenters. The fourth-order valence-corrected chi connectivity index (χ4v) is 2.62. The molecule has 3 heteroatoms. The van der Waals surface area contributed by atoms with Crippen LogP contribution in [0.1, 0.15) is 54.9 Å². The van der Waals surface area contributed by atoms with E-state index in [2.05, 4.69) is 29.3 Å². The van der Waals surface area contributed by atoms with Crippen LogP contribution in [0, 0.1) is 0 Å². The number of nitrogens with zero attached hydrogens (tertiary/aromatic N) is 1. The van der Waals surface area contributed by atoms with Gasteiger partial charge in [0.2, 0.25) is 0 Å². The third-order valence-electron chi connectivity index (χ3n) is 3.89. The van der Waals surface area contributed by atoms with Crippen molar-refractivity contribution in [2.75, 3.05) is 19.6 Å². The van der Waals surface area contributed by atoms with Gasteiger partial charge in [0, 0.05) is 18.7 Å². The number of nitrogens with one attached hydrogen (secondary N) is 1. The third-order valence-corrected chi connectivity index (χ3v) is 3.89. The number of benzene rings is 1. The van der Waals surface area contributed by atoms with E-state index in [1.165, 1.54) is 37.9 Å². The number of unbranched alkanes of at least 4 members (excludes halogenated alkanes) is 1. The SMILES string of the molecule is CCCCNC(=O)c1ccc(CN2CCCCC2)cc1. The molecule has 110 valence electrons. The van der Waals surface area contributed by atoms with E-state index in [0.29, 0.717) is 0 Å². The highest BCUT2D eigenvalue weighted by atomic mass is 16.1. The molecule has 1 heterocycles. The van der Waals surface area contributed by atoms with Crippen molar-refractivity contribution in [1.29, 1.82) is 0 Å². The Morgan fingerprint density at radius 1 is 1.15 bits per heavy atom. The summed E-state index contributed by atoms with van der Waals surface area (Å²) in [5, 5.41) is 2.95. The molecule has 1 saturated heterocycles. The minimum atomic E-state index is 0.0444. The van der Waals surface area contributed by atoms with Gasteiger partial charge in [-0.15, -0.1) is 0 Å². The molecule has 1 amide bonds. The van der Waals surface area contributed by atoms with Crippen LogP contribution in [0.15, 0.2) is 24.3 Å². The number of carbonyl (C=O) groups excluding carboxylic acids is 1. The zero-order valence-corrected chi connectivity index (χ0v) is 12.5. The van der Waals surface area contributed by atoms with E-state index < -0.39 is 0 Å². The van der Waals surface area contributed by atoms with Crippen molar-refractivity contribution >= 4 is 5.91 Å². The molecule has 20 heavy (non-hydrogen) atoms. The average Bonchev–Trinajstić information content (AvgIpc) is 2.49. The van der Waals surface area contributed by atoms with Gasteiger partial charge in [-0.05, 0) is 50.0 Å². The van der Waals surface area contributed by atoms with Crippen molar-refractivity contribution in [2.24, 2.45) is 0 Å². The Hall–Kier alpha value is -1.35. The molecule has 3 nitrogen and oxygen atoms in total. The number of hydrogen-bond acceptors (Lipinski definition) is 2. The Morgan fingerprint density at radius 2 is 1.85 bits per heavy atom. The zero-order chi connectivity index (χ0) is 14.2. The summed E-state index contributed by atoms with van der Waals surface area (Å²) >= 11 is 0. The molecule has 0 saturated carbocycles. The van der Waals surface area contributed by atoms with Gasteiger partial charge in [-0.2, -0.15) is 0 Å². The molecule has 1 aromatic carbocycles. The molecule has 0 radical (unpaired) electrons. The van der Waals surface area contributed by atoms with Crippen LogP contribution >= 0.6 is 0 Å². The fraction of sp³-hybridized carbons (Fsp3) is 0.588. The van der Waals surface area contributed by atoms with Crippen molar-refractivity contribution in [3.8, 4) is 0 Å². The summed E-state index contributed by atoms with van der Waals surface area (Å²) in [5.41, 5.74) is 2.07. The molecule has 1 fully saturated rings. The fourth-order valence-electron chi connectivity index (χ4n) is 2.62. The minimum absolute atomic E-state index is 0.0444. The van der Waals surface area contributed by atoms with Gasteiger partial charge in [0.05, 0.1) is 0 Å². The molecule has 0 aromatic heterocycles. The Morgan fingerprint density at radius 3 is 2.50 bits per heavy atom. The van der Waals surface area contributed by atoms with Crippen molar-refractivity contribution in [1.82, 2.24) is 10.2 Å². The molecule has 1 aliphatic rings. The van der Waals surface area contributed by atoms with Gasteiger partial charge in [-0.3, -0.25) is 9.69 Å². The van der Waals surface area contributed by atoms with Crippen LogP contribution in [0.3, 0.4) is 0 Å². The molecule has 1 aliphatic heterocycles. The van der Waals surface area contributed by atoms with Crippen LogP contribution in [0.2, 0.25) is 0 Å². The van der Waals surface area contributed by atoms with Crippen molar-refractivity contribution in [2.45, 2.75) is 45.6 Å². The molecule has 1 N–H and O–H groups in total. The minimum Gasteiger partial charge on any atom is -0.352 e. The van der Waals surface area contributed by atoms with E-state index in [1.54, 1.807) is 0 Å². The van der Waals surface area contributed by atoms with E-state index in [0.717, 1.165) is 31.5 Å². The highest BCUT2D eigenvalue weighted by Gasteiger charge is 2.11. The summed E-state index contributed by atoms with van der Waals surface area (Å²) < 4.78 is 0. The molecule has 0 atom stereocenters. The van der Waals surface area contributed by atoms with Gasteiger partial charge in [0.1, 0.15) is 0 Å². The largest absolute Gasteiger partial charge is 0.352 e. The van der Waals surface area contributed by atoms with Gasteiger partial charge in [-0.25, -0.2) is 0 Å². The summed E-state index contributed by atoms with van der Waals surface area (Å²) in [6.07, 6.45) is 6.15. The van der Waals surface area contributed by atoms with Gasteiger partial charge < -0.3 is 5.32 Å². The molecular formula is C17H26N2O. The molecule has 0 spiro atoms. The predicted molar refractivity (Wildman–Crippen MR) is 82.8 cm³/mol. The van der Waals surface area contributed by atoms with Crippen LogP contribution in [-0.4, -0.2) is 30.4 Å². The van der Waals surface area contributed by atoms with Gasteiger partial charge in [-0.1, -0.05) is 31.9 Å². The Balaban J connectivity index is 1.83. The maximum atomic E-state index is 11.9. The Bertz CT molecular complexity index is 408. The first-order chi connectivity index (χ1) is 9.79. The number of likely N-dealkylation sites (tertiary alicyclic amines) is 1. The second-order valence-electron chi connectivity index (χ2n) is 5.64. The highest BCUT2D eigenvalue weighted by Crippen LogP contribution is 2.13. The Kier molecular flexibility index (Phi) is 6.06. The summed E-state index contributed by atoms with van der Waals surface area (Å²) in [6, 6.07) is 8.06. The molecule has 0 aliphatic carbocycles. The lowest BCUT2D eigenvalue weighted by Crippen LogP contribution is -2.29. The molecule has 1 aromatic rings. The second kappa shape index (κ2) is 8.05. The van der Waals surface area contributed by atoms with Gasteiger partial charge >= 0.3 is 0 Å². The first-order valence-corrected chi connectivity index (χ1v) is 7.89. The summed E-state index contributed by atoms with van der Waals surface area (Å²) in [7, 11) is 0. The monoisotopic (exact) mass is 274 g/mol. The lowest BCUT2D eigenvalue weighted by atomic mass is 10.1.